The molecule has 1 heterocycles. The van der Waals surface area contributed by atoms with Crippen LogP contribution in [-0.4, -0.2) is 26.3 Å². The summed E-state index contributed by atoms with van der Waals surface area (Å²) in [5, 5.41) is 0. The molecule has 1 aromatic rings. The highest BCUT2D eigenvalue weighted by Crippen LogP contribution is 2.29. The number of unbranched alkanes of at least 4 members (excludes halogenated alkanes) is 1. The molecule has 6 heteroatoms. The summed E-state index contributed by atoms with van der Waals surface area (Å²) in [6, 6.07) is 1.71. The van der Waals surface area contributed by atoms with Crippen LogP contribution in [0.1, 0.15) is 30.2 Å². The van der Waals surface area contributed by atoms with Crippen molar-refractivity contribution in [2.75, 3.05) is 13.6 Å². The molecular formula is C11H18ClNO2S2. The Morgan fingerprint density at radius 1 is 1.47 bits per heavy atom. The number of sulfonamides is 1. The first-order chi connectivity index (χ1) is 7.93. The third-order valence-electron chi connectivity index (χ3n) is 2.61. The second kappa shape index (κ2) is 6.18. The van der Waals surface area contributed by atoms with Gasteiger partial charge in [-0.15, -0.1) is 22.9 Å². The quantitative estimate of drug-likeness (QED) is 0.756. The maximum Gasteiger partial charge on any atom is 0.252 e. The van der Waals surface area contributed by atoms with Crippen molar-refractivity contribution in [3.8, 4) is 0 Å². The van der Waals surface area contributed by atoms with Crippen LogP contribution >= 0.6 is 22.9 Å². The van der Waals surface area contributed by atoms with E-state index in [2.05, 4.69) is 0 Å². The average molecular weight is 296 g/mol. The van der Waals surface area contributed by atoms with E-state index in [4.69, 9.17) is 11.6 Å². The molecule has 0 atom stereocenters. The predicted molar refractivity (Wildman–Crippen MR) is 73.3 cm³/mol. The van der Waals surface area contributed by atoms with Gasteiger partial charge < -0.3 is 0 Å². The number of aryl methyl sites for hydroxylation is 1. The van der Waals surface area contributed by atoms with Crippen LogP contribution in [0.15, 0.2) is 10.3 Å². The van der Waals surface area contributed by atoms with Gasteiger partial charge in [-0.1, -0.05) is 13.3 Å². The van der Waals surface area contributed by atoms with Crippen LogP contribution in [-0.2, 0) is 15.9 Å². The van der Waals surface area contributed by atoms with Gasteiger partial charge >= 0.3 is 0 Å². The van der Waals surface area contributed by atoms with Crippen LogP contribution in [0.5, 0.6) is 0 Å². The van der Waals surface area contributed by atoms with Crippen molar-refractivity contribution < 1.29 is 8.42 Å². The lowest BCUT2D eigenvalue weighted by atomic mass is 10.3. The normalized spacial score (nSPS) is 12.3. The number of hydrogen-bond donors (Lipinski definition) is 0. The smallest absolute Gasteiger partial charge is 0.206 e. The molecule has 0 aliphatic heterocycles. The largest absolute Gasteiger partial charge is 0.252 e. The zero-order valence-electron chi connectivity index (χ0n) is 10.4. The fraction of sp³-hybridized carbons (Fsp3) is 0.636. The van der Waals surface area contributed by atoms with Crippen molar-refractivity contribution in [3.05, 3.63) is 16.5 Å². The van der Waals surface area contributed by atoms with Crippen LogP contribution in [0.3, 0.4) is 0 Å². The molecule has 17 heavy (non-hydrogen) atoms. The van der Waals surface area contributed by atoms with Gasteiger partial charge in [0.1, 0.15) is 4.21 Å². The lowest BCUT2D eigenvalue weighted by molar-refractivity contribution is 0.461. The zero-order chi connectivity index (χ0) is 13.1. The molecule has 0 fully saturated rings. The van der Waals surface area contributed by atoms with Crippen molar-refractivity contribution in [2.24, 2.45) is 0 Å². The topological polar surface area (TPSA) is 37.4 Å². The Labute approximate surface area is 112 Å². The Morgan fingerprint density at radius 2 is 2.12 bits per heavy atom. The molecule has 1 aromatic heterocycles. The molecule has 0 saturated carbocycles. The zero-order valence-corrected chi connectivity index (χ0v) is 12.8. The van der Waals surface area contributed by atoms with E-state index in [1.807, 2.05) is 13.8 Å². The standard InChI is InChI=1S/C11H18ClNO2S2/c1-4-5-6-13(3)17(14,15)11-7-9(2)10(8-12)16-11/h7H,4-6,8H2,1-3H3. The van der Waals surface area contributed by atoms with Gasteiger partial charge in [-0.2, -0.15) is 0 Å². The van der Waals surface area contributed by atoms with Gasteiger partial charge in [0.15, 0.2) is 0 Å². The number of rotatable bonds is 6. The summed E-state index contributed by atoms with van der Waals surface area (Å²) < 4.78 is 26.2. The molecule has 0 aromatic carbocycles. The minimum absolute atomic E-state index is 0.366. The van der Waals surface area contributed by atoms with Gasteiger partial charge in [0, 0.05) is 18.5 Å². The molecule has 0 N–H and O–H groups in total. The first kappa shape index (κ1) is 15.0. The van der Waals surface area contributed by atoms with E-state index >= 15 is 0 Å². The van der Waals surface area contributed by atoms with Crippen molar-refractivity contribution in [3.63, 3.8) is 0 Å². The third-order valence-corrected chi connectivity index (χ3v) is 6.58. The van der Waals surface area contributed by atoms with Gasteiger partial charge in [-0.3, -0.25) is 0 Å². The molecule has 0 amide bonds. The van der Waals surface area contributed by atoms with Gasteiger partial charge in [0.05, 0.1) is 5.88 Å². The number of thiophene rings is 1. The molecule has 0 aliphatic rings. The molecule has 0 unspecified atom stereocenters. The van der Waals surface area contributed by atoms with Gasteiger partial charge in [-0.05, 0) is 25.0 Å². The summed E-state index contributed by atoms with van der Waals surface area (Å²) in [6.45, 7) is 4.49. The van der Waals surface area contributed by atoms with Crippen molar-refractivity contribution in [1.82, 2.24) is 4.31 Å². The third kappa shape index (κ3) is 3.44. The van der Waals surface area contributed by atoms with Crippen LogP contribution in [0.2, 0.25) is 0 Å². The maximum atomic E-state index is 12.2. The summed E-state index contributed by atoms with van der Waals surface area (Å²) in [5.74, 6) is 0.366. The molecule has 0 spiro atoms. The number of nitrogens with zero attached hydrogens (tertiary/aromatic N) is 1. The summed E-state index contributed by atoms with van der Waals surface area (Å²) >= 11 is 7.03. The summed E-state index contributed by atoms with van der Waals surface area (Å²) in [4.78, 5) is 0.925. The van der Waals surface area contributed by atoms with Crippen molar-refractivity contribution >= 4 is 33.0 Å². The Bertz CT molecular complexity index is 468. The predicted octanol–water partition coefficient (Wildman–Crippen LogP) is 3.22. The van der Waals surface area contributed by atoms with Crippen LogP contribution < -0.4 is 0 Å². The maximum absolute atomic E-state index is 12.2. The van der Waals surface area contributed by atoms with E-state index in [0.717, 1.165) is 23.3 Å². The first-order valence-corrected chi connectivity index (χ1v) is 8.34. The summed E-state index contributed by atoms with van der Waals surface area (Å²) in [7, 11) is -1.70. The van der Waals surface area contributed by atoms with E-state index < -0.39 is 10.0 Å². The van der Waals surface area contributed by atoms with Gasteiger partial charge in [-0.25, -0.2) is 12.7 Å². The van der Waals surface area contributed by atoms with E-state index in [-0.39, 0.29) is 0 Å². The van der Waals surface area contributed by atoms with Crippen molar-refractivity contribution in [2.45, 2.75) is 36.8 Å². The highest BCUT2D eigenvalue weighted by atomic mass is 35.5. The minimum atomic E-state index is -3.33. The average Bonchev–Trinajstić information content (AvgIpc) is 2.67. The number of hydrogen-bond acceptors (Lipinski definition) is 3. The Kier molecular flexibility index (Phi) is 5.44. The van der Waals surface area contributed by atoms with Crippen LogP contribution in [0.4, 0.5) is 0 Å². The van der Waals surface area contributed by atoms with E-state index in [1.54, 1.807) is 13.1 Å². The fourth-order valence-electron chi connectivity index (χ4n) is 1.40. The Hall–Kier alpha value is -0.100. The minimum Gasteiger partial charge on any atom is -0.206 e. The number of halogens is 1. The van der Waals surface area contributed by atoms with Crippen molar-refractivity contribution in [1.29, 1.82) is 0 Å². The second-order valence-electron chi connectivity index (χ2n) is 3.99. The van der Waals surface area contributed by atoms with E-state index in [0.29, 0.717) is 16.6 Å². The molecular weight excluding hydrogens is 278 g/mol. The lowest BCUT2D eigenvalue weighted by Crippen LogP contribution is -2.27. The lowest BCUT2D eigenvalue weighted by Gasteiger charge is -2.15. The van der Waals surface area contributed by atoms with Gasteiger partial charge in [0.2, 0.25) is 0 Å². The molecule has 1 rings (SSSR count). The summed E-state index contributed by atoms with van der Waals surface area (Å²) in [5.41, 5.74) is 0.951. The van der Waals surface area contributed by atoms with E-state index in [9.17, 15) is 8.42 Å². The van der Waals surface area contributed by atoms with Crippen LogP contribution in [0.25, 0.3) is 0 Å². The highest BCUT2D eigenvalue weighted by Gasteiger charge is 2.23. The molecule has 0 aliphatic carbocycles. The Balaban J connectivity index is 2.96. The monoisotopic (exact) mass is 295 g/mol. The Morgan fingerprint density at radius 3 is 2.59 bits per heavy atom. The molecule has 0 radical (unpaired) electrons. The fourth-order valence-corrected chi connectivity index (χ4v) is 4.64. The molecule has 98 valence electrons. The van der Waals surface area contributed by atoms with E-state index in [1.165, 1.54) is 15.6 Å². The SMILES string of the molecule is CCCCN(C)S(=O)(=O)c1cc(C)c(CCl)s1. The molecule has 0 bridgehead atoms. The molecule has 3 nitrogen and oxygen atoms in total. The first-order valence-electron chi connectivity index (χ1n) is 5.55. The number of alkyl halides is 1. The highest BCUT2D eigenvalue weighted by molar-refractivity contribution is 7.91. The summed E-state index contributed by atoms with van der Waals surface area (Å²) in [6.07, 6.45) is 1.86. The van der Waals surface area contributed by atoms with Gasteiger partial charge in [0.25, 0.3) is 10.0 Å². The van der Waals surface area contributed by atoms with Crippen LogP contribution in [0, 0.1) is 6.92 Å². The molecule has 0 saturated heterocycles. The second-order valence-corrected chi connectivity index (χ2v) is 7.66.